The maximum atomic E-state index is 8.25. The Morgan fingerprint density at radius 2 is 1.00 bits per heavy atom. The van der Waals surface area contributed by atoms with Crippen LogP contribution in [-0.2, 0) is 36.7 Å². The van der Waals surface area contributed by atoms with E-state index in [4.69, 9.17) is 45.5 Å². The zero-order chi connectivity index (χ0) is 30.6. The quantitative estimate of drug-likeness (QED) is 0.167. The molecule has 12 nitrogen and oxygen atoms in total. The van der Waals surface area contributed by atoms with Crippen molar-refractivity contribution in [2.75, 3.05) is 35.5 Å². The van der Waals surface area contributed by atoms with Crippen molar-refractivity contribution >= 4 is 33.1 Å². The van der Waals surface area contributed by atoms with Gasteiger partial charge in [0, 0.05) is 27.9 Å². The second-order valence-electron chi connectivity index (χ2n) is 7.68. The molecule has 0 fully saturated rings. The minimum absolute atomic E-state index is 0. The molecule has 6 rings (SSSR count). The molecule has 0 aliphatic rings. The van der Waals surface area contributed by atoms with E-state index in [2.05, 4.69) is 14.9 Å². The smallest absolute Gasteiger partial charge is 0.857 e. The predicted octanol–water partition coefficient (Wildman–Crippen LogP) is 0.923. The van der Waals surface area contributed by atoms with Gasteiger partial charge < -0.3 is 45.5 Å². The fourth-order valence-corrected chi connectivity index (χ4v) is 3.98. The fraction of sp³-hybridized carbons (Fsp3) is 0.276. The first-order valence-corrected chi connectivity index (χ1v) is 12.4. The number of hydrogen-bond donors (Lipinski definition) is 5. The van der Waals surface area contributed by atoms with Crippen LogP contribution in [0.1, 0.15) is 17.5 Å². The number of nitrogens with one attached hydrogen (secondary N) is 2. The molecule has 42 heavy (non-hydrogen) atoms. The monoisotopic (exact) mass is 620 g/mol. The first kappa shape index (κ1) is 38.3. The molecular formula is C29H38FeN7O5. The molecule has 0 unspecified atom stereocenters. The Bertz CT molecular complexity index is 1240. The minimum atomic E-state index is 0. The molecule has 3 heterocycles. The van der Waals surface area contributed by atoms with Crippen molar-refractivity contribution in [3.63, 3.8) is 0 Å². The first-order chi connectivity index (χ1) is 20.3. The van der Waals surface area contributed by atoms with Gasteiger partial charge in [-0.2, -0.15) is 14.2 Å². The zero-order valence-corrected chi connectivity index (χ0v) is 25.4. The Kier molecular flexibility index (Phi) is 20.1. The molecule has 3 aromatic heterocycles. The molecule has 1 radical (unpaired) electrons. The number of rotatable bonds is 6. The summed E-state index contributed by atoms with van der Waals surface area (Å²) in [5.74, 6) is 2.62. The molecule has 227 valence electrons. The third-order valence-corrected chi connectivity index (χ3v) is 5.37. The summed E-state index contributed by atoms with van der Waals surface area (Å²) in [7, 11) is 4.50. The van der Waals surface area contributed by atoms with Crippen molar-refractivity contribution < 1.29 is 42.6 Å². The number of nitrogens with zero attached hydrogens (tertiary/aromatic N) is 5. The van der Waals surface area contributed by atoms with Crippen LogP contribution in [-0.4, -0.2) is 80.7 Å². The van der Waals surface area contributed by atoms with Crippen LogP contribution in [0.4, 0.5) is 0 Å². The number of para-hydroxylation sites is 6. The summed E-state index contributed by atoms with van der Waals surface area (Å²) >= 11 is 0. The normalized spacial score (nSPS) is 9.50. The molecule has 13 heteroatoms. The van der Waals surface area contributed by atoms with Crippen molar-refractivity contribution in [2.24, 2.45) is 0 Å². The van der Waals surface area contributed by atoms with E-state index in [0.717, 1.165) is 86.1 Å². The number of aliphatic hydroxyl groups is 3. The topological polar surface area (TPSA) is 194 Å². The van der Waals surface area contributed by atoms with Gasteiger partial charge in [-0.05, 0) is 35.3 Å². The molecule has 0 atom stereocenters. The zero-order valence-electron chi connectivity index (χ0n) is 24.3. The van der Waals surface area contributed by atoms with E-state index in [1.165, 1.54) is 0 Å². The van der Waals surface area contributed by atoms with Gasteiger partial charge in [0.25, 0.3) is 0 Å². The van der Waals surface area contributed by atoms with Crippen molar-refractivity contribution in [1.82, 2.24) is 34.8 Å². The Morgan fingerprint density at radius 3 is 1.43 bits per heavy atom. The maximum absolute atomic E-state index is 8.25. The largest absolute Gasteiger partial charge is 3.00 e. The number of aromatic nitrogens is 6. The average molecular weight is 621 g/mol. The maximum Gasteiger partial charge on any atom is 3.00 e. The third-order valence-electron chi connectivity index (χ3n) is 5.37. The third kappa shape index (κ3) is 10.6. The molecule has 0 amide bonds. The molecule has 0 saturated carbocycles. The molecule has 0 aliphatic carbocycles. The molecule has 3 aromatic carbocycles. The summed E-state index contributed by atoms with van der Waals surface area (Å²) in [5, 5.41) is 37.5. The molecule has 6 aromatic rings. The van der Waals surface area contributed by atoms with Gasteiger partial charge in [-0.1, -0.05) is 54.4 Å². The van der Waals surface area contributed by atoms with Gasteiger partial charge in [0.1, 0.15) is 11.6 Å². The van der Waals surface area contributed by atoms with Gasteiger partial charge in [-0.25, -0.2) is 9.97 Å². The van der Waals surface area contributed by atoms with Crippen LogP contribution in [0.2, 0.25) is 0 Å². The molecule has 0 aliphatic heterocycles. The molecular weight excluding hydrogens is 582 g/mol. The van der Waals surface area contributed by atoms with Crippen LogP contribution in [0.25, 0.3) is 33.1 Å². The number of hydrogen-bond acceptors (Lipinski definition) is 9. The summed E-state index contributed by atoms with van der Waals surface area (Å²) < 4.78 is 0. The number of H-pyrrole nitrogens is 2. The van der Waals surface area contributed by atoms with Crippen LogP contribution in [0.3, 0.4) is 0 Å². The Labute approximate surface area is 255 Å². The van der Waals surface area contributed by atoms with Crippen LogP contribution < -0.4 is 15.2 Å². The van der Waals surface area contributed by atoms with Crippen LogP contribution in [0, 0.1) is 0 Å². The van der Waals surface area contributed by atoms with Gasteiger partial charge in [0.15, 0.2) is 0 Å². The predicted molar refractivity (Wildman–Crippen MR) is 156 cm³/mol. The summed E-state index contributed by atoms with van der Waals surface area (Å²) in [6.45, 7) is 1.87. The Balaban J connectivity index is 0.00000139. The van der Waals surface area contributed by atoms with Gasteiger partial charge in [0.05, 0.1) is 35.2 Å². The molecule has 0 spiro atoms. The van der Waals surface area contributed by atoms with E-state index in [1.54, 1.807) is 0 Å². The molecule has 0 bridgehead atoms. The Hall–Kier alpha value is -3.65. The number of benzene rings is 3. The second kappa shape index (κ2) is 22.0. The van der Waals surface area contributed by atoms with E-state index in [9.17, 15) is 0 Å². The number of imidazole rings is 3. The van der Waals surface area contributed by atoms with Gasteiger partial charge in [0.2, 0.25) is 0 Å². The second-order valence-corrected chi connectivity index (χ2v) is 7.68. The Morgan fingerprint density at radius 1 is 0.595 bits per heavy atom. The van der Waals surface area contributed by atoms with Crippen molar-refractivity contribution in [3.8, 4) is 0 Å². The van der Waals surface area contributed by atoms with E-state index in [0.29, 0.717) is 19.6 Å². The minimum Gasteiger partial charge on any atom is -0.857 e. The SMILES string of the molecule is CO.CO.CO.C[O-].C[O-].[Fe+3].c1ccc2[n-]c(CN(Cc3nc4ccccc4[nH]3)Cc3nc4ccccc4[nH]3)nc2c1. The van der Waals surface area contributed by atoms with E-state index < -0.39 is 0 Å². The van der Waals surface area contributed by atoms with Gasteiger partial charge >= 0.3 is 17.1 Å². The first-order valence-electron chi connectivity index (χ1n) is 12.4. The summed E-state index contributed by atoms with van der Waals surface area (Å²) in [6.07, 6.45) is 0. The number of fused-ring (bicyclic) bond motifs is 3. The van der Waals surface area contributed by atoms with E-state index >= 15 is 0 Å². The number of aliphatic hydroxyl groups excluding tert-OH is 3. The fourth-order valence-electron chi connectivity index (χ4n) is 3.98. The standard InChI is InChI=1S/C24H20N7.3CH4O.2CH3O.Fe/c1-2-8-17-16(7-1)25-22(26-17)13-31(14-23-27-18-9-3-4-10-19(18)28-23)15-24-29-20-11-5-6-12-21(20)30-24;5*1-2;/h1-12H,13-15H2,(H2-,25,26,27,28,29,30);3*2H,1H3;2*1H3;/q-1;;;;2*-1;+3. The number of aromatic amines is 2. The van der Waals surface area contributed by atoms with Crippen molar-refractivity contribution in [3.05, 3.63) is 90.3 Å². The van der Waals surface area contributed by atoms with Crippen LogP contribution in [0.15, 0.2) is 72.8 Å². The summed E-state index contributed by atoms with van der Waals surface area (Å²) in [4.78, 5) is 28.0. The summed E-state index contributed by atoms with van der Waals surface area (Å²) in [5.41, 5.74) is 5.86. The summed E-state index contributed by atoms with van der Waals surface area (Å²) in [6, 6.07) is 24.1. The molecule has 5 N–H and O–H groups in total. The van der Waals surface area contributed by atoms with Gasteiger partial charge in [-0.15, -0.1) is 0 Å². The van der Waals surface area contributed by atoms with E-state index in [1.807, 2.05) is 72.8 Å². The van der Waals surface area contributed by atoms with Gasteiger partial charge in [-0.3, -0.25) is 4.90 Å². The molecule has 0 saturated heterocycles. The van der Waals surface area contributed by atoms with Crippen molar-refractivity contribution in [2.45, 2.75) is 19.6 Å². The van der Waals surface area contributed by atoms with Crippen LogP contribution >= 0.6 is 0 Å². The van der Waals surface area contributed by atoms with E-state index in [-0.39, 0.29) is 17.1 Å². The van der Waals surface area contributed by atoms with Crippen LogP contribution in [0.5, 0.6) is 0 Å². The van der Waals surface area contributed by atoms with Crippen molar-refractivity contribution in [1.29, 1.82) is 0 Å². The average Bonchev–Trinajstić information content (AvgIpc) is 3.77.